The summed E-state index contributed by atoms with van der Waals surface area (Å²) < 4.78 is 45.5. The maximum atomic E-state index is 13.1. The van der Waals surface area contributed by atoms with Gasteiger partial charge in [0.2, 0.25) is 11.9 Å². The van der Waals surface area contributed by atoms with E-state index in [0.29, 0.717) is 34.0 Å². The van der Waals surface area contributed by atoms with Gasteiger partial charge in [0.1, 0.15) is 11.8 Å². The largest absolute Gasteiger partial charge is 0.573 e. The number of rotatable bonds is 9. The summed E-state index contributed by atoms with van der Waals surface area (Å²) in [5.41, 5.74) is 0.863. The molecule has 8 nitrogen and oxygen atoms in total. The second kappa shape index (κ2) is 11.1. The zero-order chi connectivity index (χ0) is 26.7. The zero-order valence-electron chi connectivity index (χ0n) is 19.9. The Morgan fingerprint density at radius 3 is 2.70 bits per heavy atom. The van der Waals surface area contributed by atoms with Crippen molar-refractivity contribution in [3.63, 3.8) is 0 Å². The number of carbonyl (C=O) groups excluding carboxylic acids is 1. The van der Waals surface area contributed by atoms with Crippen LogP contribution in [0.4, 0.5) is 19.1 Å². The molecule has 37 heavy (non-hydrogen) atoms. The molecule has 196 valence electrons. The summed E-state index contributed by atoms with van der Waals surface area (Å²) in [4.78, 5) is 22.0. The molecule has 0 saturated carbocycles. The molecule has 2 heterocycles. The van der Waals surface area contributed by atoms with Gasteiger partial charge in [-0.2, -0.15) is 4.52 Å². The molecule has 2 N–H and O–H groups in total. The Labute approximate surface area is 223 Å². The van der Waals surface area contributed by atoms with Crippen molar-refractivity contribution < 1.29 is 22.7 Å². The lowest BCUT2D eigenvalue weighted by atomic mass is 10.2. The first-order valence-electron chi connectivity index (χ1n) is 11.6. The zero-order valence-corrected chi connectivity index (χ0v) is 22.2. The van der Waals surface area contributed by atoms with Crippen LogP contribution in [0.5, 0.6) is 5.75 Å². The number of nitrogens with one attached hydrogen (secondary N) is 2. The van der Waals surface area contributed by atoms with Gasteiger partial charge in [-0.05, 0) is 59.1 Å². The molecule has 0 aliphatic heterocycles. The summed E-state index contributed by atoms with van der Waals surface area (Å²) in [5.74, 6) is -0.561. The fourth-order valence-corrected chi connectivity index (χ4v) is 4.33. The number of nitrogens with zero attached hydrogens (tertiary/aromatic N) is 4. The quantitative estimate of drug-likeness (QED) is 0.217. The van der Waals surface area contributed by atoms with Crippen molar-refractivity contribution in [1.29, 1.82) is 0 Å². The molecule has 0 saturated heterocycles. The van der Waals surface area contributed by atoms with Gasteiger partial charge < -0.3 is 15.4 Å². The highest BCUT2D eigenvalue weighted by molar-refractivity contribution is 9.10. The number of unbranched alkanes of at least 4 members (excludes halogenated alkanes) is 1. The minimum absolute atomic E-state index is 0.0103. The van der Waals surface area contributed by atoms with E-state index in [1.807, 2.05) is 13.8 Å². The van der Waals surface area contributed by atoms with Crippen LogP contribution in [0.2, 0.25) is 5.02 Å². The van der Waals surface area contributed by atoms with Gasteiger partial charge in [0.15, 0.2) is 11.5 Å². The van der Waals surface area contributed by atoms with Crippen LogP contribution in [0.1, 0.15) is 33.1 Å². The molecular weight excluding hydrogens is 577 g/mol. The number of alkyl halides is 3. The highest BCUT2D eigenvalue weighted by Gasteiger charge is 2.33. The summed E-state index contributed by atoms with van der Waals surface area (Å²) in [5, 5.41) is 11.1. The third kappa shape index (κ3) is 6.07. The fraction of sp³-hybridized carbons (Fsp3) is 0.333. The Morgan fingerprint density at radius 1 is 1.22 bits per heavy atom. The normalized spacial score (nSPS) is 12.6. The molecule has 0 radical (unpaired) electrons. The first kappa shape index (κ1) is 26.9. The average Bonchev–Trinajstić information content (AvgIpc) is 3.28. The molecule has 0 bridgehead atoms. The number of hydrogen-bond donors (Lipinski definition) is 2. The van der Waals surface area contributed by atoms with Crippen LogP contribution in [0.15, 0.2) is 40.9 Å². The van der Waals surface area contributed by atoms with Gasteiger partial charge in [-0.15, -0.1) is 18.3 Å². The number of fused-ring (bicyclic) bond motifs is 3. The van der Waals surface area contributed by atoms with Crippen LogP contribution < -0.4 is 15.4 Å². The molecule has 13 heteroatoms. The van der Waals surface area contributed by atoms with Crippen molar-refractivity contribution >= 4 is 55.9 Å². The van der Waals surface area contributed by atoms with E-state index in [1.165, 1.54) is 16.6 Å². The van der Waals surface area contributed by atoms with Crippen LogP contribution in [0.3, 0.4) is 0 Å². The summed E-state index contributed by atoms with van der Waals surface area (Å²) in [6.07, 6.45) is -2.69. The monoisotopic (exact) mass is 598 g/mol. The van der Waals surface area contributed by atoms with Crippen molar-refractivity contribution in [2.24, 2.45) is 0 Å². The lowest BCUT2D eigenvalue weighted by Crippen LogP contribution is -2.40. The third-order valence-electron chi connectivity index (χ3n) is 5.52. The molecular formula is C24H23BrClF3N6O2. The van der Waals surface area contributed by atoms with Crippen LogP contribution in [-0.2, 0) is 4.79 Å². The van der Waals surface area contributed by atoms with Gasteiger partial charge >= 0.3 is 6.36 Å². The van der Waals surface area contributed by atoms with Gasteiger partial charge in [0, 0.05) is 21.4 Å². The van der Waals surface area contributed by atoms with E-state index >= 15 is 0 Å². The molecule has 4 rings (SSSR count). The lowest BCUT2D eigenvalue weighted by Gasteiger charge is -2.18. The third-order valence-corrected chi connectivity index (χ3v) is 6.40. The topological polar surface area (TPSA) is 93.4 Å². The number of benzene rings is 2. The van der Waals surface area contributed by atoms with Crippen molar-refractivity contribution in [1.82, 2.24) is 24.9 Å². The lowest BCUT2D eigenvalue weighted by molar-refractivity contribution is -0.274. The van der Waals surface area contributed by atoms with E-state index in [9.17, 15) is 18.0 Å². The Bertz CT molecular complexity index is 1450. The maximum absolute atomic E-state index is 13.1. The number of hydrogen-bond acceptors (Lipinski definition) is 6. The van der Waals surface area contributed by atoms with E-state index in [0.717, 1.165) is 18.9 Å². The van der Waals surface area contributed by atoms with Crippen molar-refractivity contribution in [3.05, 3.63) is 45.9 Å². The van der Waals surface area contributed by atoms with E-state index in [4.69, 9.17) is 11.6 Å². The fourth-order valence-electron chi connectivity index (χ4n) is 3.71. The molecule has 0 unspecified atom stereocenters. The summed E-state index contributed by atoms with van der Waals surface area (Å²) in [6.45, 7) is 4.43. The summed E-state index contributed by atoms with van der Waals surface area (Å²) in [7, 11) is 0. The smallest absolute Gasteiger partial charge is 0.405 e. The highest BCUT2D eigenvalue weighted by Crippen LogP contribution is 2.36. The Morgan fingerprint density at radius 2 is 2.00 bits per heavy atom. The van der Waals surface area contributed by atoms with Crippen LogP contribution in [0, 0.1) is 0 Å². The first-order chi connectivity index (χ1) is 17.6. The number of amides is 1. The molecule has 0 fully saturated rings. The predicted octanol–water partition coefficient (Wildman–Crippen LogP) is 6.37. The van der Waals surface area contributed by atoms with Crippen LogP contribution >= 0.6 is 27.5 Å². The number of carbonyl (C=O) groups is 1. The van der Waals surface area contributed by atoms with E-state index in [1.54, 1.807) is 18.2 Å². The molecule has 4 aromatic rings. The van der Waals surface area contributed by atoms with Crippen molar-refractivity contribution in [3.8, 4) is 17.1 Å². The molecule has 1 atom stereocenters. The van der Waals surface area contributed by atoms with Gasteiger partial charge in [0.25, 0.3) is 0 Å². The van der Waals surface area contributed by atoms with Crippen molar-refractivity contribution in [2.45, 2.75) is 45.5 Å². The van der Waals surface area contributed by atoms with E-state index < -0.39 is 18.2 Å². The number of para-hydroxylation sites is 1. The summed E-state index contributed by atoms with van der Waals surface area (Å²) in [6, 6.07) is 8.56. The standard InChI is InChI=1S/C24H23BrClF3N6O2/c1-3-5-11-30-22(36)17(4-2)31-23-32-19-15(7-6-8-16(19)25)21-33-20(34-35(21)23)14-10-9-13(26)12-18(14)37-24(27,28)29/h6-10,12,17H,3-5,11H2,1-2H3,(H,30,36)(H,31,32)/t17-/m1/s1. The van der Waals surface area contributed by atoms with Gasteiger partial charge in [-0.1, -0.05) is 37.9 Å². The number of halogens is 5. The molecule has 0 spiro atoms. The molecule has 1 amide bonds. The highest BCUT2D eigenvalue weighted by atomic mass is 79.9. The van der Waals surface area contributed by atoms with E-state index in [-0.39, 0.29) is 28.3 Å². The van der Waals surface area contributed by atoms with Gasteiger partial charge in [-0.3, -0.25) is 4.79 Å². The van der Waals surface area contributed by atoms with Crippen molar-refractivity contribution in [2.75, 3.05) is 11.9 Å². The number of aromatic nitrogens is 4. The minimum Gasteiger partial charge on any atom is -0.405 e. The molecule has 2 aromatic carbocycles. The van der Waals surface area contributed by atoms with Gasteiger partial charge in [0.05, 0.1) is 11.1 Å². The van der Waals surface area contributed by atoms with Gasteiger partial charge in [-0.25, -0.2) is 9.97 Å². The Hall–Kier alpha value is -3.12. The second-order valence-electron chi connectivity index (χ2n) is 8.18. The Kier molecular flexibility index (Phi) is 8.08. The van der Waals surface area contributed by atoms with E-state index in [2.05, 4.69) is 46.4 Å². The SMILES string of the molecule is CCCCNC(=O)[C@@H](CC)Nc1nc2c(Br)cccc2c2nc(-c3ccc(Cl)cc3OC(F)(F)F)nn12. The summed E-state index contributed by atoms with van der Waals surface area (Å²) >= 11 is 9.41. The van der Waals surface area contributed by atoms with Crippen LogP contribution in [-0.4, -0.2) is 44.4 Å². The molecule has 0 aliphatic rings. The predicted molar refractivity (Wildman–Crippen MR) is 139 cm³/mol. The van der Waals surface area contributed by atoms with Crippen LogP contribution in [0.25, 0.3) is 27.9 Å². The minimum atomic E-state index is -4.94. The average molecular weight is 600 g/mol. The maximum Gasteiger partial charge on any atom is 0.573 e. The first-order valence-corrected chi connectivity index (χ1v) is 12.7. The number of anilines is 1. The second-order valence-corrected chi connectivity index (χ2v) is 9.47. The number of ether oxygens (including phenoxy) is 1. The molecule has 2 aromatic heterocycles. The Balaban J connectivity index is 1.85. The molecule has 0 aliphatic carbocycles.